The number of halogens is 1. The van der Waals surface area contributed by atoms with E-state index in [4.69, 9.17) is 11.6 Å². The molecule has 0 saturated heterocycles. The highest BCUT2D eigenvalue weighted by Gasteiger charge is 2.35. The first-order valence-electron chi connectivity index (χ1n) is 15.2. The van der Waals surface area contributed by atoms with Gasteiger partial charge in [0.15, 0.2) is 0 Å². The van der Waals surface area contributed by atoms with Crippen molar-refractivity contribution in [2.45, 2.75) is 57.5 Å². The molecule has 0 bridgehead atoms. The SMILES string of the molecule is CCCNC(=O)[C@H](Cc1ccccc1)N(Cc1ccccc1Cl)C(=O)CN(c1ccccc1CC)S(=O)(=O)c1ccc(C)cc1. The van der Waals surface area contributed by atoms with Crippen molar-refractivity contribution in [1.82, 2.24) is 10.2 Å². The first kappa shape index (κ1) is 33.7. The van der Waals surface area contributed by atoms with Crippen LogP contribution in [0.2, 0.25) is 5.02 Å². The Hall–Kier alpha value is -4.14. The molecule has 0 aromatic heterocycles. The number of para-hydroxylation sites is 1. The Labute approximate surface area is 271 Å². The summed E-state index contributed by atoms with van der Waals surface area (Å²) < 4.78 is 29.7. The van der Waals surface area contributed by atoms with Crippen LogP contribution in [0.4, 0.5) is 5.69 Å². The molecule has 0 spiro atoms. The third-order valence-corrected chi connectivity index (χ3v) is 9.79. The van der Waals surface area contributed by atoms with E-state index in [0.29, 0.717) is 29.2 Å². The maximum atomic E-state index is 14.6. The lowest BCUT2D eigenvalue weighted by atomic mass is 10.0. The minimum absolute atomic E-state index is 0.0173. The first-order valence-corrected chi connectivity index (χ1v) is 17.0. The van der Waals surface area contributed by atoms with Gasteiger partial charge in [0.1, 0.15) is 12.6 Å². The number of hydrogen-bond donors (Lipinski definition) is 1. The molecule has 0 aliphatic carbocycles. The molecule has 0 unspecified atom stereocenters. The van der Waals surface area contributed by atoms with E-state index < -0.39 is 28.5 Å². The van der Waals surface area contributed by atoms with Gasteiger partial charge in [-0.3, -0.25) is 13.9 Å². The Balaban J connectivity index is 1.83. The number of aryl methyl sites for hydroxylation is 2. The summed E-state index contributed by atoms with van der Waals surface area (Å²) in [5.41, 5.74) is 3.63. The molecule has 9 heteroatoms. The number of nitrogens with zero attached hydrogens (tertiary/aromatic N) is 2. The van der Waals surface area contributed by atoms with Crippen molar-refractivity contribution in [2.75, 3.05) is 17.4 Å². The zero-order valence-electron chi connectivity index (χ0n) is 25.9. The third kappa shape index (κ3) is 8.53. The average molecular weight is 646 g/mol. The van der Waals surface area contributed by atoms with E-state index in [-0.39, 0.29) is 23.8 Å². The quantitative estimate of drug-likeness (QED) is 0.168. The predicted octanol–water partition coefficient (Wildman–Crippen LogP) is 6.57. The van der Waals surface area contributed by atoms with Crippen LogP contribution in [0.1, 0.15) is 42.5 Å². The molecule has 0 aliphatic heterocycles. The van der Waals surface area contributed by atoms with Crippen molar-refractivity contribution in [1.29, 1.82) is 0 Å². The standard InChI is InChI=1S/C36H40ClN3O4S/c1-4-23-38-36(42)34(24-28-13-7-6-8-14-28)39(25-30-16-9-11-17-32(30)37)35(41)26-40(33-18-12-10-15-29(33)5-2)45(43,44)31-21-19-27(3)20-22-31/h6-22,34H,4-5,23-26H2,1-3H3,(H,38,42)/t34-/m0/s1. The zero-order valence-corrected chi connectivity index (χ0v) is 27.5. The number of nitrogens with one attached hydrogen (secondary N) is 1. The maximum Gasteiger partial charge on any atom is 0.264 e. The number of carbonyl (C=O) groups is 2. The Morgan fingerprint density at radius 1 is 0.822 bits per heavy atom. The molecule has 0 aliphatic rings. The predicted molar refractivity (Wildman–Crippen MR) is 181 cm³/mol. The molecule has 2 amide bonds. The van der Waals surface area contributed by atoms with Crippen molar-refractivity contribution in [2.24, 2.45) is 0 Å². The Morgan fingerprint density at radius 2 is 1.44 bits per heavy atom. The minimum Gasteiger partial charge on any atom is -0.354 e. The van der Waals surface area contributed by atoms with Crippen LogP contribution in [0.3, 0.4) is 0 Å². The number of amides is 2. The van der Waals surface area contributed by atoms with Gasteiger partial charge in [-0.15, -0.1) is 0 Å². The number of benzene rings is 4. The lowest BCUT2D eigenvalue weighted by Crippen LogP contribution is -2.53. The van der Waals surface area contributed by atoms with Crippen LogP contribution in [0.5, 0.6) is 0 Å². The summed E-state index contributed by atoms with van der Waals surface area (Å²) in [6.45, 7) is 5.73. The van der Waals surface area contributed by atoms with E-state index in [0.717, 1.165) is 23.1 Å². The van der Waals surface area contributed by atoms with Crippen molar-refractivity contribution in [3.63, 3.8) is 0 Å². The van der Waals surface area contributed by atoms with Gasteiger partial charge in [-0.2, -0.15) is 0 Å². The van der Waals surface area contributed by atoms with E-state index in [1.54, 1.807) is 54.6 Å². The van der Waals surface area contributed by atoms with E-state index >= 15 is 0 Å². The fraction of sp³-hybridized carbons (Fsp3) is 0.278. The van der Waals surface area contributed by atoms with Gasteiger partial charge >= 0.3 is 0 Å². The van der Waals surface area contributed by atoms with Crippen molar-refractivity contribution < 1.29 is 18.0 Å². The Bertz CT molecular complexity index is 1700. The van der Waals surface area contributed by atoms with Gasteiger partial charge < -0.3 is 10.2 Å². The van der Waals surface area contributed by atoms with Crippen LogP contribution in [-0.4, -0.2) is 44.3 Å². The van der Waals surface area contributed by atoms with Gasteiger partial charge in [0, 0.05) is 24.5 Å². The van der Waals surface area contributed by atoms with Gasteiger partial charge in [-0.1, -0.05) is 110 Å². The summed E-state index contributed by atoms with van der Waals surface area (Å²) in [5, 5.41) is 3.40. The molecule has 1 atom stereocenters. The number of anilines is 1. The van der Waals surface area contributed by atoms with Gasteiger partial charge in [0.05, 0.1) is 10.6 Å². The molecule has 0 heterocycles. The van der Waals surface area contributed by atoms with Crippen molar-refractivity contribution in [3.05, 3.63) is 130 Å². The smallest absolute Gasteiger partial charge is 0.264 e. The first-order chi connectivity index (χ1) is 21.6. The van der Waals surface area contributed by atoms with Crippen molar-refractivity contribution >= 4 is 39.1 Å². The summed E-state index contributed by atoms with van der Waals surface area (Å²) in [6, 6.07) is 29.4. The number of rotatable bonds is 14. The summed E-state index contributed by atoms with van der Waals surface area (Å²) in [4.78, 5) is 29.9. The van der Waals surface area contributed by atoms with Crippen LogP contribution in [0.25, 0.3) is 0 Å². The fourth-order valence-corrected chi connectivity index (χ4v) is 6.78. The second-order valence-electron chi connectivity index (χ2n) is 10.9. The number of hydrogen-bond acceptors (Lipinski definition) is 4. The summed E-state index contributed by atoms with van der Waals surface area (Å²) in [7, 11) is -4.17. The van der Waals surface area contributed by atoms with Crippen LogP contribution >= 0.6 is 11.6 Å². The van der Waals surface area contributed by atoms with Gasteiger partial charge in [0.25, 0.3) is 10.0 Å². The van der Waals surface area contributed by atoms with Crippen LogP contribution in [0, 0.1) is 6.92 Å². The van der Waals surface area contributed by atoms with E-state index in [1.807, 2.05) is 69.3 Å². The third-order valence-electron chi connectivity index (χ3n) is 7.65. The monoisotopic (exact) mass is 645 g/mol. The van der Waals surface area contributed by atoms with Gasteiger partial charge in [-0.25, -0.2) is 8.42 Å². The number of sulfonamides is 1. The summed E-state index contributed by atoms with van der Waals surface area (Å²) >= 11 is 6.56. The number of carbonyl (C=O) groups excluding carboxylic acids is 2. The zero-order chi connectivity index (χ0) is 32.4. The highest BCUT2D eigenvalue weighted by atomic mass is 35.5. The topological polar surface area (TPSA) is 86.8 Å². The maximum absolute atomic E-state index is 14.6. The highest BCUT2D eigenvalue weighted by molar-refractivity contribution is 7.92. The minimum atomic E-state index is -4.17. The highest BCUT2D eigenvalue weighted by Crippen LogP contribution is 2.29. The molecular formula is C36H40ClN3O4S. The van der Waals surface area contributed by atoms with Crippen LogP contribution < -0.4 is 9.62 Å². The van der Waals surface area contributed by atoms with Crippen LogP contribution in [0.15, 0.2) is 108 Å². The van der Waals surface area contributed by atoms with Gasteiger partial charge in [-0.05, 0) is 60.7 Å². The molecule has 7 nitrogen and oxygen atoms in total. The largest absolute Gasteiger partial charge is 0.354 e. The molecule has 1 N–H and O–H groups in total. The molecule has 4 aromatic rings. The van der Waals surface area contributed by atoms with Crippen molar-refractivity contribution in [3.8, 4) is 0 Å². The van der Waals surface area contributed by atoms with Crippen LogP contribution in [-0.2, 0) is 39.0 Å². The van der Waals surface area contributed by atoms with E-state index in [1.165, 1.54) is 9.21 Å². The molecule has 0 fully saturated rings. The lowest BCUT2D eigenvalue weighted by molar-refractivity contribution is -0.140. The van der Waals surface area contributed by atoms with E-state index in [9.17, 15) is 18.0 Å². The van der Waals surface area contributed by atoms with E-state index in [2.05, 4.69) is 5.32 Å². The molecule has 0 radical (unpaired) electrons. The molecule has 4 aromatic carbocycles. The molecule has 45 heavy (non-hydrogen) atoms. The summed E-state index contributed by atoms with van der Waals surface area (Å²) in [5.74, 6) is -0.841. The molecular weight excluding hydrogens is 606 g/mol. The van der Waals surface area contributed by atoms with Gasteiger partial charge in [0.2, 0.25) is 11.8 Å². The normalized spacial score (nSPS) is 11.9. The molecule has 0 saturated carbocycles. The fourth-order valence-electron chi connectivity index (χ4n) is 5.13. The average Bonchev–Trinajstić information content (AvgIpc) is 3.05. The molecule has 4 rings (SSSR count). The second kappa shape index (κ2) is 15.7. The Morgan fingerprint density at radius 3 is 2.09 bits per heavy atom. The Kier molecular flexibility index (Phi) is 11.8. The molecule has 236 valence electrons. The second-order valence-corrected chi connectivity index (χ2v) is 13.2. The summed E-state index contributed by atoms with van der Waals surface area (Å²) in [6.07, 6.45) is 1.52. The lowest BCUT2D eigenvalue weighted by Gasteiger charge is -2.34.